The number of hydrogen-bond acceptors (Lipinski definition) is 4. The van der Waals surface area contributed by atoms with Crippen molar-refractivity contribution in [3.63, 3.8) is 0 Å². The van der Waals surface area contributed by atoms with Crippen molar-refractivity contribution < 1.29 is 4.58 Å². The summed E-state index contributed by atoms with van der Waals surface area (Å²) in [4.78, 5) is 13.5. The Balaban J connectivity index is 1.54. The molecule has 0 spiro atoms. The van der Waals surface area contributed by atoms with E-state index >= 15 is 0 Å². The van der Waals surface area contributed by atoms with Gasteiger partial charge in [0.05, 0.1) is 11.1 Å². The molecule has 7 rings (SSSR count). The number of nitrogens with one attached hydrogen (secondary N) is 1. The van der Waals surface area contributed by atoms with Crippen molar-refractivity contribution in [2.45, 2.75) is 5.41 Å². The number of fused-ring (bicyclic) bond motifs is 4. The Morgan fingerprint density at radius 3 is 2.38 bits per heavy atom. The maximum atomic E-state index is 4.62. The third kappa shape index (κ3) is 2.36. The molecular weight excluding hydrogens is 422 g/mol. The molecule has 1 N–H and O–H groups in total. The monoisotopic (exact) mass is 441 g/mol. The Bertz CT molecular complexity index is 1610. The van der Waals surface area contributed by atoms with Crippen LogP contribution in [-0.2, 0) is 5.41 Å². The summed E-state index contributed by atoms with van der Waals surface area (Å²) in [5, 5.41) is 7.60. The first-order chi connectivity index (χ1) is 16.8. The summed E-state index contributed by atoms with van der Waals surface area (Å²) < 4.78 is 3.98. The molecule has 0 saturated heterocycles. The third-order valence-corrected chi connectivity index (χ3v) is 6.77. The molecule has 1 aliphatic carbocycles. The van der Waals surface area contributed by atoms with Gasteiger partial charge in [-0.05, 0) is 45.5 Å². The predicted octanol–water partition coefficient (Wildman–Crippen LogP) is 4.25. The van der Waals surface area contributed by atoms with Crippen molar-refractivity contribution >= 4 is 23.2 Å². The fourth-order valence-electron chi connectivity index (χ4n) is 5.37. The van der Waals surface area contributed by atoms with Gasteiger partial charge >= 0.3 is 17.5 Å². The molecular formula is C27H19N7+2. The zero-order valence-electron chi connectivity index (χ0n) is 18.3. The smallest absolute Gasteiger partial charge is 0.281 e. The van der Waals surface area contributed by atoms with E-state index < -0.39 is 5.41 Å². The van der Waals surface area contributed by atoms with Crippen LogP contribution >= 0.6 is 0 Å². The molecule has 0 unspecified atom stereocenters. The van der Waals surface area contributed by atoms with Gasteiger partial charge in [-0.3, -0.25) is 15.1 Å². The van der Waals surface area contributed by atoms with Crippen molar-refractivity contribution in [2.75, 3.05) is 7.05 Å². The highest BCUT2D eigenvalue weighted by Crippen LogP contribution is 2.55. The molecule has 7 nitrogen and oxygen atoms in total. The molecule has 5 heterocycles. The van der Waals surface area contributed by atoms with E-state index in [0.29, 0.717) is 0 Å². The van der Waals surface area contributed by atoms with Crippen LogP contribution in [0, 0.1) is 0 Å². The topological polar surface area (TPSA) is 73.4 Å². The molecule has 0 atom stereocenters. The minimum atomic E-state index is -0.582. The van der Waals surface area contributed by atoms with Crippen LogP contribution in [0.4, 0.5) is 17.2 Å². The SMILES string of the molecule is C[N+]1=C=[N+](c2cccc(C3(c4ccn[nH]4)c4ccncc4-c4cnccc43)c2)c2ncccc21. The first kappa shape index (κ1) is 18.8. The van der Waals surface area contributed by atoms with E-state index in [9.17, 15) is 0 Å². The summed E-state index contributed by atoms with van der Waals surface area (Å²) in [6.07, 6.45) is 11.2. The molecule has 4 aromatic heterocycles. The molecule has 0 fully saturated rings. The van der Waals surface area contributed by atoms with Crippen LogP contribution in [0.1, 0.15) is 22.4 Å². The second-order valence-electron chi connectivity index (χ2n) is 8.45. The Hall–Kier alpha value is -4.74. The minimum absolute atomic E-state index is 0.582. The number of aromatic nitrogens is 5. The highest BCUT2D eigenvalue weighted by atomic mass is 15.2. The largest absolute Gasteiger partial charge is 0.497 e. The highest BCUT2D eigenvalue weighted by molar-refractivity contribution is 5.85. The van der Waals surface area contributed by atoms with Crippen molar-refractivity contribution in [2.24, 2.45) is 0 Å². The van der Waals surface area contributed by atoms with E-state index in [4.69, 9.17) is 0 Å². The zero-order valence-corrected chi connectivity index (χ0v) is 18.3. The standard InChI is InChI=1S/C27H19N7/c1-33-17-34(26-24(33)6-3-10-30-26)19-5-2-4-18(14-19)27(25-9-13-31-32-25)22-7-11-28-15-20(22)21-16-29-12-8-23(21)27/h2-16H,1H3,(H,31,32)/q+2. The zero-order chi connectivity index (χ0) is 22.7. The highest BCUT2D eigenvalue weighted by Gasteiger charge is 2.48. The van der Waals surface area contributed by atoms with E-state index in [0.717, 1.165) is 50.7 Å². The first-order valence-corrected chi connectivity index (χ1v) is 11.0. The number of hydrogen-bond donors (Lipinski definition) is 1. The average Bonchev–Trinajstić information content (AvgIpc) is 3.61. The van der Waals surface area contributed by atoms with Gasteiger partial charge in [-0.15, -0.1) is 0 Å². The first-order valence-electron chi connectivity index (χ1n) is 11.0. The molecule has 7 heteroatoms. The molecule has 160 valence electrons. The van der Waals surface area contributed by atoms with Gasteiger partial charge in [0.15, 0.2) is 7.05 Å². The summed E-state index contributed by atoms with van der Waals surface area (Å²) in [6.45, 7) is 0. The van der Waals surface area contributed by atoms with Crippen LogP contribution in [0.25, 0.3) is 11.1 Å². The molecule has 0 radical (unpaired) electrons. The number of aromatic amines is 1. The number of H-pyrrole nitrogens is 1. The number of rotatable bonds is 3. The van der Waals surface area contributed by atoms with Crippen molar-refractivity contribution in [3.8, 4) is 11.1 Å². The van der Waals surface area contributed by atoms with E-state index in [1.165, 1.54) is 0 Å². The van der Waals surface area contributed by atoms with Gasteiger partial charge in [0, 0.05) is 66.5 Å². The molecule has 1 aromatic carbocycles. The Morgan fingerprint density at radius 2 is 1.65 bits per heavy atom. The quantitative estimate of drug-likeness (QED) is 0.417. The number of pyridine rings is 3. The van der Waals surface area contributed by atoms with E-state index in [-0.39, 0.29) is 0 Å². The summed E-state index contributed by atoms with van der Waals surface area (Å²) in [7, 11) is 1.99. The molecule has 34 heavy (non-hydrogen) atoms. The van der Waals surface area contributed by atoms with Crippen LogP contribution in [-0.4, -0.2) is 42.8 Å². The van der Waals surface area contributed by atoms with Crippen LogP contribution in [0.3, 0.4) is 0 Å². The van der Waals surface area contributed by atoms with Gasteiger partial charge in [-0.2, -0.15) is 10.1 Å². The van der Waals surface area contributed by atoms with Crippen LogP contribution in [0.2, 0.25) is 0 Å². The number of benzene rings is 1. The summed E-state index contributed by atoms with van der Waals surface area (Å²) >= 11 is 0. The van der Waals surface area contributed by atoms with E-state index in [2.05, 4.69) is 73.6 Å². The molecule has 5 aromatic rings. The van der Waals surface area contributed by atoms with Gasteiger partial charge in [0.1, 0.15) is 0 Å². The Labute approximate surface area is 195 Å². The summed E-state index contributed by atoms with van der Waals surface area (Å²) in [5.41, 5.74) is 7.99. The fourth-order valence-corrected chi connectivity index (χ4v) is 5.37. The number of nitrogens with zero attached hydrogens (tertiary/aromatic N) is 6. The van der Waals surface area contributed by atoms with Gasteiger partial charge < -0.3 is 0 Å². The van der Waals surface area contributed by atoms with Crippen molar-refractivity contribution in [1.82, 2.24) is 29.7 Å². The Morgan fingerprint density at radius 1 is 0.853 bits per heavy atom. The lowest BCUT2D eigenvalue weighted by molar-refractivity contribution is -0.394. The normalized spacial score (nSPS) is 14.7. The van der Waals surface area contributed by atoms with Crippen molar-refractivity contribution in [3.05, 3.63) is 114 Å². The molecule has 0 bridgehead atoms. The average molecular weight is 441 g/mol. The lowest BCUT2D eigenvalue weighted by Crippen LogP contribution is -2.29. The lowest BCUT2D eigenvalue weighted by Gasteiger charge is -2.31. The lowest BCUT2D eigenvalue weighted by atomic mass is 9.70. The maximum absolute atomic E-state index is 4.62. The van der Waals surface area contributed by atoms with Gasteiger partial charge in [-0.25, -0.2) is 0 Å². The molecule has 1 aliphatic heterocycles. The second kappa shape index (κ2) is 6.88. The van der Waals surface area contributed by atoms with Crippen LogP contribution < -0.4 is 4.58 Å². The minimum Gasteiger partial charge on any atom is -0.281 e. The van der Waals surface area contributed by atoms with Gasteiger partial charge in [0.2, 0.25) is 5.69 Å². The molecule has 2 aliphatic rings. The molecule has 0 amide bonds. The van der Waals surface area contributed by atoms with Gasteiger partial charge in [-0.1, -0.05) is 16.7 Å². The third-order valence-electron chi connectivity index (χ3n) is 6.77. The predicted molar refractivity (Wildman–Crippen MR) is 128 cm³/mol. The van der Waals surface area contributed by atoms with Crippen LogP contribution in [0.15, 0.2) is 91.8 Å². The Kier molecular flexibility index (Phi) is 3.80. The maximum Gasteiger partial charge on any atom is 0.497 e. The molecule has 0 saturated carbocycles. The van der Waals surface area contributed by atoms with Crippen LogP contribution in [0.5, 0.6) is 0 Å². The van der Waals surface area contributed by atoms with E-state index in [1.807, 2.05) is 59.3 Å². The summed E-state index contributed by atoms with van der Waals surface area (Å²) in [6, 6.07) is 22.2. The van der Waals surface area contributed by atoms with Gasteiger partial charge in [0.25, 0.3) is 0 Å². The fraction of sp³-hybridized carbons (Fsp3) is 0.0741. The van der Waals surface area contributed by atoms with E-state index in [1.54, 1.807) is 6.20 Å². The summed E-state index contributed by atoms with van der Waals surface area (Å²) in [5.74, 6) is 0.860. The second-order valence-corrected chi connectivity index (χ2v) is 8.45. The van der Waals surface area contributed by atoms with Crippen molar-refractivity contribution in [1.29, 1.82) is 0 Å².